The zero-order chi connectivity index (χ0) is 39.6. The molecule has 0 aliphatic heterocycles. The van der Waals surface area contributed by atoms with Crippen LogP contribution < -0.4 is 11.1 Å². The van der Waals surface area contributed by atoms with Crippen molar-refractivity contribution in [3.8, 4) is 34.2 Å². The molecule has 2 unspecified atom stereocenters. The van der Waals surface area contributed by atoms with Gasteiger partial charge in [-0.2, -0.15) is 0 Å². The van der Waals surface area contributed by atoms with Crippen LogP contribution in [0.4, 0.5) is 5.82 Å². The molecule has 0 radical (unpaired) electrons. The van der Waals surface area contributed by atoms with Gasteiger partial charge in [0.2, 0.25) is 5.91 Å². The largest absolute Gasteiger partial charge is 0.393 e. The molecule has 3 saturated carbocycles. The maximum absolute atomic E-state index is 13.0. The maximum Gasteiger partial charge on any atom is 0.220 e. The van der Waals surface area contributed by atoms with E-state index in [0.29, 0.717) is 18.8 Å². The summed E-state index contributed by atoms with van der Waals surface area (Å²) < 4.78 is 2.26. The number of nitrogens with zero attached hydrogens (tertiary/aromatic N) is 3. The summed E-state index contributed by atoms with van der Waals surface area (Å²) in [5, 5.41) is 13.0. The first-order chi connectivity index (χ1) is 27.8. The van der Waals surface area contributed by atoms with E-state index >= 15 is 0 Å². The lowest BCUT2D eigenvalue weighted by Gasteiger charge is -2.49. The highest BCUT2D eigenvalue weighted by Gasteiger charge is 2.45. The average Bonchev–Trinajstić information content (AvgIpc) is 3.53. The van der Waals surface area contributed by atoms with Crippen LogP contribution >= 0.6 is 0 Å². The Morgan fingerprint density at radius 2 is 1.58 bits per heavy atom. The fraction of sp³-hybridized carbons (Fsp3) is 0.460. The van der Waals surface area contributed by atoms with Crippen molar-refractivity contribution < 1.29 is 9.90 Å². The third kappa shape index (κ3) is 10.3. The number of carbonyl (C=O) groups is 1. The summed E-state index contributed by atoms with van der Waals surface area (Å²) in [5.41, 5.74) is 14.0. The summed E-state index contributed by atoms with van der Waals surface area (Å²) in [6.07, 6.45) is 17.3. The molecule has 298 valence electrons. The third-order valence-electron chi connectivity index (χ3n) is 12.4. The Morgan fingerprint density at radius 1 is 0.877 bits per heavy atom. The van der Waals surface area contributed by atoms with Gasteiger partial charge < -0.3 is 20.7 Å². The van der Waals surface area contributed by atoms with Crippen LogP contribution in [0.3, 0.4) is 0 Å². The van der Waals surface area contributed by atoms with E-state index in [-0.39, 0.29) is 17.4 Å². The van der Waals surface area contributed by atoms with Gasteiger partial charge in [0.15, 0.2) is 0 Å². The molecule has 3 aliphatic carbocycles. The van der Waals surface area contributed by atoms with Crippen molar-refractivity contribution in [3.05, 3.63) is 102 Å². The molecule has 0 saturated heterocycles. The molecule has 0 spiro atoms. The number of fused-ring (bicyclic) bond motifs is 3. The van der Waals surface area contributed by atoms with E-state index in [1.165, 1.54) is 51.4 Å². The molecule has 3 fully saturated rings. The molecule has 4 N–H and O–H groups in total. The van der Waals surface area contributed by atoms with Crippen molar-refractivity contribution in [2.75, 3.05) is 12.3 Å². The van der Waals surface area contributed by atoms with Gasteiger partial charge in [0.25, 0.3) is 0 Å². The molecule has 7 nitrogen and oxygen atoms in total. The molecule has 8 rings (SSSR count). The Morgan fingerprint density at radius 3 is 2.26 bits per heavy atom. The SMILES string of the molecule is CC1CC2CC(C)CC(CC(=O)NCCCCC#Cc3cccc(Cn4c(-c5ccccc5)c(-c5ccccc5)c5c(N)ncnc54)c3)(C1)C2.OC1CCCCC1. The van der Waals surface area contributed by atoms with Crippen LogP contribution in [-0.2, 0) is 11.3 Å². The van der Waals surface area contributed by atoms with Crippen molar-refractivity contribution in [3.63, 3.8) is 0 Å². The highest BCUT2D eigenvalue weighted by atomic mass is 16.3. The zero-order valence-electron chi connectivity index (χ0n) is 34.1. The monoisotopic (exact) mass is 763 g/mol. The van der Waals surface area contributed by atoms with Crippen LogP contribution in [0.2, 0.25) is 0 Å². The van der Waals surface area contributed by atoms with E-state index in [0.717, 1.165) is 101 Å². The summed E-state index contributed by atoms with van der Waals surface area (Å²) in [6.45, 7) is 6.10. The Balaban J connectivity index is 0.000000641. The number of aliphatic hydroxyl groups excluding tert-OH is 1. The number of nitrogens with one attached hydrogen (secondary N) is 1. The topological polar surface area (TPSA) is 106 Å². The summed E-state index contributed by atoms with van der Waals surface area (Å²) >= 11 is 0. The normalized spacial score (nSPS) is 21.8. The van der Waals surface area contributed by atoms with E-state index < -0.39 is 0 Å². The fourth-order valence-corrected chi connectivity index (χ4v) is 10.4. The maximum atomic E-state index is 13.0. The summed E-state index contributed by atoms with van der Waals surface area (Å²) in [4.78, 5) is 22.1. The van der Waals surface area contributed by atoms with Crippen LogP contribution in [0.1, 0.15) is 115 Å². The number of aromatic nitrogens is 3. The highest BCUT2D eigenvalue weighted by molar-refractivity contribution is 6.07. The lowest BCUT2D eigenvalue weighted by atomic mass is 9.55. The quantitative estimate of drug-likeness (QED) is 0.0970. The number of nitrogen functional groups attached to an aromatic ring is 1. The van der Waals surface area contributed by atoms with Crippen LogP contribution in [0.15, 0.2) is 91.3 Å². The number of benzene rings is 3. The summed E-state index contributed by atoms with van der Waals surface area (Å²) in [6, 6.07) is 29.2. The lowest BCUT2D eigenvalue weighted by Crippen LogP contribution is -2.42. The van der Waals surface area contributed by atoms with Gasteiger partial charge in [0.05, 0.1) is 17.2 Å². The smallest absolute Gasteiger partial charge is 0.220 e. The van der Waals surface area contributed by atoms with Crippen molar-refractivity contribution in [2.24, 2.45) is 23.2 Å². The minimum Gasteiger partial charge on any atom is -0.393 e. The minimum atomic E-state index is 0.0359. The number of nitrogens with two attached hydrogens (primary N) is 1. The van der Waals surface area contributed by atoms with Crippen molar-refractivity contribution in [2.45, 2.75) is 116 Å². The molecule has 2 atom stereocenters. The number of carbonyl (C=O) groups excluding carboxylic acids is 1. The highest BCUT2D eigenvalue weighted by Crippen LogP contribution is 2.54. The number of anilines is 1. The molecule has 3 aliphatic rings. The molecule has 7 heteroatoms. The van der Waals surface area contributed by atoms with E-state index in [9.17, 15) is 4.79 Å². The van der Waals surface area contributed by atoms with E-state index in [4.69, 9.17) is 15.8 Å². The van der Waals surface area contributed by atoms with Crippen molar-refractivity contribution >= 4 is 22.8 Å². The van der Waals surface area contributed by atoms with Gasteiger partial charge in [0, 0.05) is 37.1 Å². The van der Waals surface area contributed by atoms with Crippen LogP contribution in [-0.4, -0.2) is 38.2 Å². The summed E-state index contributed by atoms with van der Waals surface area (Å²) in [5.74, 6) is 9.79. The number of amides is 1. The molecule has 5 aromatic rings. The molecule has 2 bridgehead atoms. The second-order valence-corrected chi connectivity index (χ2v) is 17.4. The number of hydrogen-bond donors (Lipinski definition) is 3. The summed E-state index contributed by atoms with van der Waals surface area (Å²) in [7, 11) is 0. The molecule has 1 amide bonds. The minimum absolute atomic E-state index is 0.0359. The lowest BCUT2D eigenvalue weighted by molar-refractivity contribution is -0.126. The van der Waals surface area contributed by atoms with Gasteiger partial charge in [-0.1, -0.05) is 118 Å². The Hall–Kier alpha value is -4.93. The number of unbranched alkanes of at least 4 members (excludes halogenated alkanes) is 2. The molecule has 2 aromatic heterocycles. The van der Waals surface area contributed by atoms with E-state index in [2.05, 4.69) is 101 Å². The Bertz CT molecular complexity index is 2120. The van der Waals surface area contributed by atoms with Gasteiger partial charge >= 0.3 is 0 Å². The zero-order valence-corrected chi connectivity index (χ0v) is 34.1. The molecule has 3 aromatic carbocycles. The molecular weight excluding hydrogens is 703 g/mol. The van der Waals surface area contributed by atoms with Gasteiger partial charge in [0.1, 0.15) is 17.8 Å². The van der Waals surface area contributed by atoms with Gasteiger partial charge in [-0.3, -0.25) is 4.79 Å². The third-order valence-corrected chi connectivity index (χ3v) is 12.4. The number of rotatable bonds is 10. The Labute approximate surface area is 339 Å². The second-order valence-electron chi connectivity index (χ2n) is 17.4. The van der Waals surface area contributed by atoms with Gasteiger partial charge in [-0.25, -0.2) is 9.97 Å². The van der Waals surface area contributed by atoms with Gasteiger partial charge in [-0.05, 0) is 110 Å². The fourth-order valence-electron chi connectivity index (χ4n) is 10.4. The van der Waals surface area contributed by atoms with E-state index in [1.807, 2.05) is 24.3 Å². The second kappa shape index (κ2) is 19.0. The first-order valence-electron chi connectivity index (χ1n) is 21.5. The molecule has 57 heavy (non-hydrogen) atoms. The van der Waals surface area contributed by atoms with E-state index in [1.54, 1.807) is 6.33 Å². The Kier molecular flexibility index (Phi) is 13.4. The number of hydrogen-bond acceptors (Lipinski definition) is 5. The standard InChI is InChI=1S/C44H49N5O.C6H12O/c1-31-22-35-23-32(2)26-44(25-31,27-35)28-38(50)46-21-12-4-3-7-14-33-15-13-16-34(24-33)29-49-41(37-19-10-6-11-20-37)39(36-17-8-5-9-18-36)40-42(45)47-30-48-43(40)49;7-6-4-2-1-3-5-6/h5-6,8-11,13,15-20,24,30-32,35H,3-4,12,21-23,25-29H2,1-2H3,(H,46,50)(H2,45,47,48);6-7H,1-5H2. The van der Waals surface area contributed by atoms with Crippen LogP contribution in [0, 0.1) is 35.0 Å². The predicted molar refractivity (Wildman–Crippen MR) is 233 cm³/mol. The molecule has 2 heterocycles. The average molecular weight is 764 g/mol. The van der Waals surface area contributed by atoms with Crippen molar-refractivity contribution in [1.82, 2.24) is 19.9 Å². The first kappa shape index (κ1) is 40.3. The first-order valence-corrected chi connectivity index (χ1v) is 21.5. The van der Waals surface area contributed by atoms with Gasteiger partial charge in [-0.15, -0.1) is 0 Å². The van der Waals surface area contributed by atoms with Crippen LogP contribution in [0.25, 0.3) is 33.4 Å². The van der Waals surface area contributed by atoms with Crippen LogP contribution in [0.5, 0.6) is 0 Å². The predicted octanol–water partition coefficient (Wildman–Crippen LogP) is 10.6. The number of aliphatic hydroxyl groups is 1. The molecular formula is C50H61N5O2. The van der Waals surface area contributed by atoms with Crippen molar-refractivity contribution in [1.29, 1.82) is 0 Å².